The molecule has 0 heterocycles. The first kappa shape index (κ1) is 38.2. The van der Waals surface area contributed by atoms with Crippen LogP contribution in [0.2, 0.25) is 0 Å². The van der Waals surface area contributed by atoms with Gasteiger partial charge in [-0.25, -0.2) is 9.98 Å². The first-order valence-corrected chi connectivity index (χ1v) is 16.7. The van der Waals surface area contributed by atoms with Gasteiger partial charge in [-0.15, -0.1) is 0 Å². The summed E-state index contributed by atoms with van der Waals surface area (Å²) in [5, 5.41) is 0. The van der Waals surface area contributed by atoms with Crippen molar-refractivity contribution in [3.63, 3.8) is 0 Å². The van der Waals surface area contributed by atoms with Gasteiger partial charge in [-0.05, 0) is 108 Å². The molecule has 0 unspecified atom stereocenters. The summed E-state index contributed by atoms with van der Waals surface area (Å²) in [6.07, 6.45) is -11.5. The van der Waals surface area contributed by atoms with E-state index in [0.717, 1.165) is 59.7 Å². The number of hydrogen-bond donors (Lipinski definition) is 0. The Morgan fingerprint density at radius 1 is 0.400 bits per heavy atom. The zero-order valence-electron chi connectivity index (χ0n) is 29.3. The zero-order valence-corrected chi connectivity index (χ0v) is 29.3. The van der Waals surface area contributed by atoms with Crippen LogP contribution >= 0.6 is 0 Å². The van der Waals surface area contributed by atoms with Crippen LogP contribution in [0.5, 0.6) is 23.0 Å². The molecule has 6 nitrogen and oxygen atoms in total. The highest BCUT2D eigenvalue weighted by Crippen LogP contribution is 2.56. The van der Waals surface area contributed by atoms with E-state index >= 15 is 0 Å². The van der Waals surface area contributed by atoms with Crippen molar-refractivity contribution in [3.8, 4) is 23.0 Å². The molecule has 0 fully saturated rings. The highest BCUT2D eigenvalue weighted by atomic mass is 19.4. The van der Waals surface area contributed by atoms with Gasteiger partial charge in [0, 0.05) is 11.1 Å². The van der Waals surface area contributed by atoms with E-state index in [4.69, 9.17) is 18.9 Å². The van der Waals surface area contributed by atoms with E-state index < -0.39 is 28.9 Å². The van der Waals surface area contributed by atoms with Crippen LogP contribution in [0.4, 0.5) is 37.7 Å². The molecule has 0 spiro atoms. The number of aliphatic imine (C=N–C) groups is 2. The van der Waals surface area contributed by atoms with Crippen LogP contribution in [0.15, 0.2) is 168 Å². The maximum atomic E-state index is 14.8. The van der Waals surface area contributed by atoms with Crippen LogP contribution in [-0.4, -0.2) is 38.4 Å². The molecule has 0 aromatic heterocycles. The number of methoxy groups -OCH3 is 2. The third-order valence-corrected chi connectivity index (χ3v) is 8.46. The molecule has 0 saturated carbocycles. The molecule has 280 valence electrons. The standard InChI is InChI=1S/C43H32F6N2O4/c1-52-39(29-9-5-3-6-10-29)50-33-17-25-37(26-18-33)54-35-21-13-31(14-22-35)41(42(44,45)46,43(47,48)49)32-15-23-36(24-16-32)55-38-27-19-34(20-28-38)51-40(53-2)30-11-7-4-8-12-30/h3-28H,1-2H3. The first-order chi connectivity index (χ1) is 26.4. The number of alkyl halides is 6. The topological polar surface area (TPSA) is 61.6 Å². The molecule has 6 aromatic rings. The average molecular weight is 755 g/mol. The lowest BCUT2D eigenvalue weighted by atomic mass is 9.73. The van der Waals surface area contributed by atoms with Gasteiger partial charge < -0.3 is 18.9 Å². The third-order valence-electron chi connectivity index (χ3n) is 8.46. The molecule has 0 atom stereocenters. The van der Waals surface area contributed by atoms with Crippen molar-refractivity contribution in [1.82, 2.24) is 0 Å². The predicted octanol–water partition coefficient (Wildman–Crippen LogP) is 12.1. The fourth-order valence-corrected chi connectivity index (χ4v) is 5.83. The molecule has 6 rings (SSSR count). The van der Waals surface area contributed by atoms with Gasteiger partial charge in [0.15, 0.2) is 0 Å². The molecule has 0 aliphatic rings. The Balaban J connectivity index is 1.20. The number of benzene rings is 6. The maximum absolute atomic E-state index is 14.8. The molecule has 12 heteroatoms. The Hall–Kier alpha value is -6.56. The van der Waals surface area contributed by atoms with Gasteiger partial charge in [-0.2, -0.15) is 26.3 Å². The molecule has 0 saturated heterocycles. The van der Waals surface area contributed by atoms with Crippen molar-refractivity contribution in [2.45, 2.75) is 17.8 Å². The lowest BCUT2D eigenvalue weighted by Crippen LogP contribution is -2.54. The van der Waals surface area contributed by atoms with E-state index in [2.05, 4.69) is 9.98 Å². The van der Waals surface area contributed by atoms with Gasteiger partial charge >= 0.3 is 12.4 Å². The zero-order chi connectivity index (χ0) is 39.1. The molecule has 0 radical (unpaired) electrons. The number of hydrogen-bond acceptors (Lipinski definition) is 6. The minimum atomic E-state index is -5.77. The smallest absolute Gasteiger partial charge is 0.411 e. The fraction of sp³-hybridized carbons (Fsp3) is 0.116. The van der Waals surface area contributed by atoms with Gasteiger partial charge in [0.1, 0.15) is 23.0 Å². The van der Waals surface area contributed by atoms with Gasteiger partial charge in [0.2, 0.25) is 17.2 Å². The number of nitrogens with zero attached hydrogens (tertiary/aromatic N) is 2. The molecule has 55 heavy (non-hydrogen) atoms. The van der Waals surface area contributed by atoms with E-state index in [1.54, 1.807) is 48.5 Å². The minimum absolute atomic E-state index is 0.0269. The van der Waals surface area contributed by atoms with Crippen molar-refractivity contribution in [2.75, 3.05) is 14.2 Å². The Labute approximate surface area is 313 Å². The SMILES string of the molecule is COC(=Nc1ccc(Oc2ccc(C(c3ccc(Oc4ccc(N=C(OC)c5ccccc5)cc4)cc3)(C(F)(F)F)C(F)(F)F)cc2)cc1)c1ccccc1. The molecule has 0 amide bonds. The van der Waals surface area contributed by atoms with Gasteiger partial charge in [0.25, 0.3) is 0 Å². The summed E-state index contributed by atoms with van der Waals surface area (Å²) in [5.74, 6) is 1.38. The van der Waals surface area contributed by atoms with Crippen LogP contribution in [-0.2, 0) is 14.9 Å². The van der Waals surface area contributed by atoms with Crippen molar-refractivity contribution < 1.29 is 45.3 Å². The average Bonchev–Trinajstić information content (AvgIpc) is 3.18. The Morgan fingerprint density at radius 2 is 0.691 bits per heavy atom. The van der Waals surface area contributed by atoms with Gasteiger partial charge in [-0.3, -0.25) is 0 Å². The summed E-state index contributed by atoms with van der Waals surface area (Å²) in [7, 11) is 2.98. The Kier molecular flexibility index (Phi) is 11.3. The summed E-state index contributed by atoms with van der Waals surface area (Å²) < 4.78 is 111. The summed E-state index contributed by atoms with van der Waals surface area (Å²) in [4.78, 5) is 8.94. The van der Waals surface area contributed by atoms with E-state index in [9.17, 15) is 26.3 Å². The number of ether oxygens (including phenoxy) is 4. The van der Waals surface area contributed by atoms with Gasteiger partial charge in [0.05, 0.1) is 25.6 Å². The summed E-state index contributed by atoms with van der Waals surface area (Å²) >= 11 is 0. The predicted molar refractivity (Wildman–Crippen MR) is 198 cm³/mol. The van der Waals surface area contributed by atoms with Crippen LogP contribution in [0, 0.1) is 0 Å². The normalized spacial score (nSPS) is 12.6. The maximum Gasteiger partial charge on any atom is 0.411 e. The molecular formula is C43H32F6N2O4. The Morgan fingerprint density at radius 3 is 0.964 bits per heavy atom. The molecule has 0 aliphatic carbocycles. The quantitative estimate of drug-likeness (QED) is 0.0794. The third kappa shape index (κ3) is 8.49. The van der Waals surface area contributed by atoms with Crippen LogP contribution < -0.4 is 9.47 Å². The van der Waals surface area contributed by atoms with Crippen molar-refractivity contribution in [1.29, 1.82) is 0 Å². The number of rotatable bonds is 10. The van der Waals surface area contributed by atoms with Gasteiger partial charge in [-0.1, -0.05) is 60.7 Å². The highest BCUT2D eigenvalue weighted by Gasteiger charge is 2.72. The first-order valence-electron chi connectivity index (χ1n) is 16.7. The highest BCUT2D eigenvalue weighted by molar-refractivity contribution is 5.96. The van der Waals surface area contributed by atoms with Crippen LogP contribution in [0.3, 0.4) is 0 Å². The van der Waals surface area contributed by atoms with Crippen LogP contribution in [0.25, 0.3) is 0 Å². The lowest BCUT2D eigenvalue weighted by molar-refractivity contribution is -0.288. The van der Waals surface area contributed by atoms with E-state index in [1.807, 2.05) is 60.7 Å². The lowest BCUT2D eigenvalue weighted by Gasteiger charge is -2.38. The monoisotopic (exact) mass is 754 g/mol. The number of halogens is 6. The summed E-state index contributed by atoms with van der Waals surface area (Å²) in [6.45, 7) is 0. The molecule has 0 bridgehead atoms. The Bertz CT molecular complexity index is 2060. The largest absolute Gasteiger partial charge is 0.481 e. The summed E-state index contributed by atoms with van der Waals surface area (Å²) in [6, 6.07) is 38.5. The van der Waals surface area contributed by atoms with E-state index in [0.29, 0.717) is 23.2 Å². The van der Waals surface area contributed by atoms with Crippen molar-refractivity contribution >= 4 is 23.2 Å². The van der Waals surface area contributed by atoms with Crippen LogP contribution in [0.1, 0.15) is 22.3 Å². The van der Waals surface area contributed by atoms with E-state index in [-0.39, 0.29) is 23.0 Å². The second kappa shape index (κ2) is 16.2. The second-order valence-electron chi connectivity index (χ2n) is 12.0. The molecule has 0 aliphatic heterocycles. The molecule has 6 aromatic carbocycles. The summed E-state index contributed by atoms with van der Waals surface area (Å²) in [5.41, 5.74) is -3.84. The fourth-order valence-electron chi connectivity index (χ4n) is 5.83. The second-order valence-corrected chi connectivity index (χ2v) is 12.0. The molecular weight excluding hydrogens is 722 g/mol. The minimum Gasteiger partial charge on any atom is -0.481 e. The van der Waals surface area contributed by atoms with E-state index in [1.165, 1.54) is 14.2 Å². The van der Waals surface area contributed by atoms with Crippen molar-refractivity contribution in [2.24, 2.45) is 9.98 Å². The van der Waals surface area contributed by atoms with Crippen molar-refractivity contribution in [3.05, 3.63) is 180 Å². The molecule has 0 N–H and O–H groups in total.